The molecule has 0 radical (unpaired) electrons. The van der Waals surface area contributed by atoms with Crippen molar-refractivity contribution >= 4 is 32.6 Å². The van der Waals surface area contributed by atoms with Crippen LogP contribution in [0.3, 0.4) is 0 Å². The van der Waals surface area contributed by atoms with E-state index in [1.165, 1.54) is 4.70 Å². The number of fused-ring (bicyclic) bond motifs is 1. The van der Waals surface area contributed by atoms with Gasteiger partial charge in [0.2, 0.25) is 0 Å². The molecular weight excluding hydrogens is 346 g/mol. The number of thiazole rings is 1. The van der Waals surface area contributed by atoms with Gasteiger partial charge < -0.3 is 9.80 Å². The van der Waals surface area contributed by atoms with Crippen molar-refractivity contribution in [3.05, 3.63) is 41.7 Å². The molecule has 1 amide bonds. The number of carbonyl (C=O) groups excluding carboxylic acids is 1. The molecule has 2 aromatic heterocycles. The van der Waals surface area contributed by atoms with E-state index in [0.29, 0.717) is 18.8 Å². The third-order valence-electron chi connectivity index (χ3n) is 4.69. The van der Waals surface area contributed by atoms with Crippen molar-refractivity contribution in [3.63, 3.8) is 0 Å². The number of nitrogens with zero attached hydrogens (tertiary/aromatic N) is 5. The average molecular weight is 369 g/mol. The number of benzene rings is 1. The molecule has 0 N–H and O–H groups in total. The summed E-state index contributed by atoms with van der Waals surface area (Å²) in [4.78, 5) is 21.9. The molecule has 1 aliphatic heterocycles. The number of aryl methyl sites for hydroxylation is 1. The Morgan fingerprint density at radius 1 is 1.15 bits per heavy atom. The molecule has 0 spiro atoms. The second-order valence-corrected chi connectivity index (χ2v) is 7.96. The highest BCUT2D eigenvalue weighted by Gasteiger charge is 2.26. The lowest BCUT2D eigenvalue weighted by atomic mass is 10.2. The third kappa shape index (κ3) is 3.07. The predicted octanol–water partition coefficient (Wildman–Crippen LogP) is 3.34. The van der Waals surface area contributed by atoms with Gasteiger partial charge in [0, 0.05) is 32.2 Å². The summed E-state index contributed by atoms with van der Waals surface area (Å²) >= 11 is 1.72. The number of carbonyl (C=O) groups is 1. The Bertz CT molecular complexity index is 903. The van der Waals surface area contributed by atoms with Crippen LogP contribution in [0.15, 0.2) is 30.3 Å². The molecule has 3 aromatic rings. The Hall–Kier alpha value is -2.41. The third-order valence-corrected chi connectivity index (χ3v) is 5.78. The molecule has 3 heterocycles. The van der Waals surface area contributed by atoms with Gasteiger partial charge in [-0.05, 0) is 39.0 Å². The number of hydrogen-bond donors (Lipinski definition) is 0. The zero-order chi connectivity index (χ0) is 18.3. The highest BCUT2D eigenvalue weighted by Crippen LogP contribution is 2.29. The number of hydrogen-bond acceptors (Lipinski definition) is 5. The second-order valence-electron chi connectivity index (χ2n) is 6.95. The van der Waals surface area contributed by atoms with Gasteiger partial charge in [0.05, 0.1) is 15.9 Å². The summed E-state index contributed by atoms with van der Waals surface area (Å²) in [5.41, 5.74) is 2.61. The van der Waals surface area contributed by atoms with E-state index in [1.807, 2.05) is 54.6 Å². The lowest BCUT2D eigenvalue weighted by Crippen LogP contribution is -2.49. The summed E-state index contributed by atoms with van der Waals surface area (Å²) in [6, 6.07) is 10.3. The maximum Gasteiger partial charge on any atom is 0.272 e. The van der Waals surface area contributed by atoms with Gasteiger partial charge in [-0.3, -0.25) is 9.48 Å². The summed E-state index contributed by atoms with van der Waals surface area (Å²) in [5.74, 6) is 0.0725. The second kappa shape index (κ2) is 6.72. The van der Waals surface area contributed by atoms with E-state index in [4.69, 9.17) is 4.98 Å². The van der Waals surface area contributed by atoms with E-state index in [2.05, 4.69) is 16.1 Å². The van der Waals surface area contributed by atoms with Crippen LogP contribution in [0.4, 0.5) is 5.13 Å². The van der Waals surface area contributed by atoms with Crippen LogP contribution >= 0.6 is 11.3 Å². The van der Waals surface area contributed by atoms with E-state index in [0.717, 1.165) is 29.4 Å². The van der Waals surface area contributed by atoms with Gasteiger partial charge in [0.15, 0.2) is 5.13 Å². The zero-order valence-electron chi connectivity index (χ0n) is 15.3. The van der Waals surface area contributed by atoms with Gasteiger partial charge in [-0.2, -0.15) is 5.10 Å². The van der Waals surface area contributed by atoms with Crippen LogP contribution in [0, 0.1) is 6.92 Å². The van der Waals surface area contributed by atoms with E-state index >= 15 is 0 Å². The Morgan fingerprint density at radius 3 is 2.58 bits per heavy atom. The molecule has 0 unspecified atom stereocenters. The summed E-state index contributed by atoms with van der Waals surface area (Å²) in [5, 5.41) is 5.51. The smallest absolute Gasteiger partial charge is 0.272 e. The highest BCUT2D eigenvalue weighted by atomic mass is 32.1. The van der Waals surface area contributed by atoms with Crippen LogP contribution in [0.5, 0.6) is 0 Å². The fourth-order valence-electron chi connectivity index (χ4n) is 3.33. The topological polar surface area (TPSA) is 54.3 Å². The summed E-state index contributed by atoms with van der Waals surface area (Å²) in [6.07, 6.45) is 0. The Kier molecular flexibility index (Phi) is 4.40. The molecule has 0 atom stereocenters. The van der Waals surface area contributed by atoms with Crippen LogP contribution in [0.2, 0.25) is 0 Å². The molecule has 1 aromatic carbocycles. The van der Waals surface area contributed by atoms with Crippen molar-refractivity contribution in [1.29, 1.82) is 0 Å². The molecule has 26 heavy (non-hydrogen) atoms. The first-order chi connectivity index (χ1) is 12.5. The van der Waals surface area contributed by atoms with Crippen molar-refractivity contribution in [2.75, 3.05) is 31.1 Å². The minimum Gasteiger partial charge on any atom is -0.345 e. The van der Waals surface area contributed by atoms with Crippen LogP contribution in [-0.4, -0.2) is 51.8 Å². The van der Waals surface area contributed by atoms with Crippen molar-refractivity contribution in [2.45, 2.75) is 26.8 Å². The van der Waals surface area contributed by atoms with Gasteiger partial charge in [0.1, 0.15) is 5.69 Å². The molecule has 1 fully saturated rings. The van der Waals surface area contributed by atoms with E-state index in [9.17, 15) is 4.79 Å². The Labute approximate surface area is 157 Å². The minimum absolute atomic E-state index is 0.0725. The molecule has 0 bridgehead atoms. The summed E-state index contributed by atoms with van der Waals surface area (Å²) in [7, 11) is 0. The molecule has 1 saturated heterocycles. The first-order valence-electron chi connectivity index (χ1n) is 8.99. The maximum atomic E-state index is 13.0. The monoisotopic (exact) mass is 369 g/mol. The summed E-state index contributed by atoms with van der Waals surface area (Å²) < 4.78 is 3.04. The van der Waals surface area contributed by atoms with Crippen LogP contribution in [-0.2, 0) is 0 Å². The molecule has 136 valence electrons. The van der Waals surface area contributed by atoms with Crippen LogP contribution < -0.4 is 4.90 Å². The molecule has 1 aliphatic rings. The lowest BCUT2D eigenvalue weighted by Gasteiger charge is -2.34. The van der Waals surface area contributed by atoms with Crippen LogP contribution in [0.1, 0.15) is 36.1 Å². The van der Waals surface area contributed by atoms with Crippen LogP contribution in [0.25, 0.3) is 10.2 Å². The average Bonchev–Trinajstić information content (AvgIpc) is 3.25. The van der Waals surface area contributed by atoms with E-state index < -0.39 is 0 Å². The quantitative estimate of drug-likeness (QED) is 0.710. The van der Waals surface area contributed by atoms with Crippen molar-refractivity contribution in [2.24, 2.45) is 0 Å². The number of piperazine rings is 1. The molecule has 7 heteroatoms. The van der Waals surface area contributed by atoms with Crippen molar-refractivity contribution in [3.8, 4) is 0 Å². The molecular formula is C19H23N5OS. The fraction of sp³-hybridized carbons (Fsp3) is 0.421. The maximum absolute atomic E-state index is 13.0. The summed E-state index contributed by atoms with van der Waals surface area (Å²) in [6.45, 7) is 9.05. The Balaban J connectivity index is 1.47. The van der Waals surface area contributed by atoms with Crippen molar-refractivity contribution < 1.29 is 4.79 Å². The first kappa shape index (κ1) is 17.0. The SMILES string of the molecule is Cc1cc(C(=O)N2CCN(c3nc4ccccc4s3)CC2)n(C(C)C)n1. The first-order valence-corrected chi connectivity index (χ1v) is 9.80. The van der Waals surface area contributed by atoms with Gasteiger partial charge >= 0.3 is 0 Å². The lowest BCUT2D eigenvalue weighted by molar-refractivity contribution is 0.0732. The van der Waals surface area contributed by atoms with E-state index in [1.54, 1.807) is 11.3 Å². The van der Waals surface area contributed by atoms with Gasteiger partial charge in [-0.1, -0.05) is 23.5 Å². The zero-order valence-corrected chi connectivity index (χ0v) is 16.2. The van der Waals surface area contributed by atoms with Gasteiger partial charge in [-0.25, -0.2) is 4.98 Å². The molecule has 0 aliphatic carbocycles. The Morgan fingerprint density at radius 2 is 1.88 bits per heavy atom. The van der Waals surface area contributed by atoms with Crippen molar-refractivity contribution in [1.82, 2.24) is 19.7 Å². The largest absolute Gasteiger partial charge is 0.345 e. The van der Waals surface area contributed by atoms with Gasteiger partial charge in [-0.15, -0.1) is 0 Å². The number of rotatable bonds is 3. The molecule has 0 saturated carbocycles. The highest BCUT2D eigenvalue weighted by molar-refractivity contribution is 7.22. The minimum atomic E-state index is 0.0725. The standard InChI is InChI=1S/C19H23N5OS/c1-13(2)24-16(12-14(3)21-24)18(25)22-8-10-23(11-9-22)19-20-15-6-4-5-7-17(15)26-19/h4-7,12-13H,8-11H2,1-3H3. The normalized spacial score (nSPS) is 15.2. The number of amides is 1. The molecule has 4 rings (SSSR count). The van der Waals surface area contributed by atoms with Gasteiger partial charge in [0.25, 0.3) is 5.91 Å². The van der Waals surface area contributed by atoms with E-state index in [-0.39, 0.29) is 11.9 Å². The number of anilines is 1. The molecule has 6 nitrogen and oxygen atoms in total. The predicted molar refractivity (Wildman–Crippen MR) is 105 cm³/mol. The number of aromatic nitrogens is 3. The fourth-order valence-corrected chi connectivity index (χ4v) is 4.35. The number of para-hydroxylation sites is 1.